The molecule has 0 saturated carbocycles. The second kappa shape index (κ2) is 6.51. The van der Waals surface area contributed by atoms with Crippen LogP contribution in [0.15, 0.2) is 28.7 Å². The van der Waals surface area contributed by atoms with E-state index in [2.05, 4.69) is 52.4 Å². The first-order valence-corrected chi connectivity index (χ1v) is 6.42. The number of halogens is 2. The zero-order valence-corrected chi connectivity index (χ0v) is 11.5. The van der Waals surface area contributed by atoms with Crippen LogP contribution < -0.4 is 5.32 Å². The standard InChI is InChI=1S/C12H17BrClN/c1-9(14)7-10(2)15-8-11-3-5-12(13)6-4-11/h3-6,9-10,15H,7-8H2,1-2H3. The molecule has 2 atom stereocenters. The van der Waals surface area contributed by atoms with Gasteiger partial charge in [0.25, 0.3) is 0 Å². The van der Waals surface area contributed by atoms with Gasteiger partial charge in [0, 0.05) is 22.4 Å². The molecule has 1 rings (SSSR count). The third-order valence-electron chi connectivity index (χ3n) is 2.25. The minimum Gasteiger partial charge on any atom is -0.310 e. The highest BCUT2D eigenvalue weighted by molar-refractivity contribution is 9.10. The molecule has 84 valence electrons. The highest BCUT2D eigenvalue weighted by Crippen LogP contribution is 2.11. The first-order chi connectivity index (χ1) is 7.08. The number of nitrogens with one attached hydrogen (secondary N) is 1. The van der Waals surface area contributed by atoms with Crippen molar-refractivity contribution in [2.75, 3.05) is 0 Å². The van der Waals surface area contributed by atoms with Gasteiger partial charge in [-0.3, -0.25) is 0 Å². The van der Waals surface area contributed by atoms with Gasteiger partial charge in [-0.1, -0.05) is 28.1 Å². The van der Waals surface area contributed by atoms with E-state index in [1.54, 1.807) is 0 Å². The summed E-state index contributed by atoms with van der Waals surface area (Å²) in [5.74, 6) is 0. The van der Waals surface area contributed by atoms with Gasteiger partial charge in [0.2, 0.25) is 0 Å². The van der Waals surface area contributed by atoms with Crippen molar-refractivity contribution in [3.63, 3.8) is 0 Å². The molecule has 0 bridgehead atoms. The average molecular weight is 291 g/mol. The highest BCUT2D eigenvalue weighted by atomic mass is 79.9. The number of rotatable bonds is 5. The molecule has 15 heavy (non-hydrogen) atoms. The summed E-state index contributed by atoms with van der Waals surface area (Å²) in [6.45, 7) is 5.09. The quantitative estimate of drug-likeness (QED) is 0.810. The number of benzene rings is 1. The molecule has 3 heteroatoms. The lowest BCUT2D eigenvalue weighted by Gasteiger charge is -2.14. The predicted octanol–water partition coefficient (Wildman–Crippen LogP) is 3.94. The summed E-state index contributed by atoms with van der Waals surface area (Å²) < 4.78 is 1.12. The fraction of sp³-hybridized carbons (Fsp3) is 0.500. The van der Waals surface area contributed by atoms with Gasteiger partial charge in [-0.2, -0.15) is 0 Å². The summed E-state index contributed by atoms with van der Waals surface area (Å²) in [7, 11) is 0. The van der Waals surface area contributed by atoms with Crippen LogP contribution in [0.1, 0.15) is 25.8 Å². The van der Waals surface area contributed by atoms with Gasteiger partial charge in [-0.15, -0.1) is 11.6 Å². The van der Waals surface area contributed by atoms with Crippen LogP contribution >= 0.6 is 27.5 Å². The summed E-state index contributed by atoms with van der Waals surface area (Å²) in [5, 5.41) is 3.68. The Morgan fingerprint density at radius 2 is 1.87 bits per heavy atom. The molecule has 1 nitrogen and oxygen atoms in total. The summed E-state index contributed by atoms with van der Waals surface area (Å²) in [4.78, 5) is 0. The van der Waals surface area contributed by atoms with Crippen LogP contribution in [0, 0.1) is 0 Å². The minimum absolute atomic E-state index is 0.234. The first-order valence-electron chi connectivity index (χ1n) is 5.20. The van der Waals surface area contributed by atoms with E-state index >= 15 is 0 Å². The van der Waals surface area contributed by atoms with E-state index in [1.165, 1.54) is 5.56 Å². The molecule has 0 radical (unpaired) electrons. The van der Waals surface area contributed by atoms with E-state index in [0.29, 0.717) is 6.04 Å². The van der Waals surface area contributed by atoms with Crippen molar-refractivity contribution in [3.05, 3.63) is 34.3 Å². The molecule has 0 heterocycles. The fourth-order valence-corrected chi connectivity index (χ4v) is 2.00. The maximum Gasteiger partial charge on any atom is 0.0322 e. The van der Waals surface area contributed by atoms with Crippen molar-refractivity contribution in [2.24, 2.45) is 0 Å². The third kappa shape index (κ3) is 5.55. The molecule has 1 N–H and O–H groups in total. The Morgan fingerprint density at radius 3 is 2.40 bits per heavy atom. The van der Waals surface area contributed by atoms with E-state index in [9.17, 15) is 0 Å². The Hall–Kier alpha value is -0.0500. The Labute approximate surface area is 105 Å². The van der Waals surface area contributed by atoms with Crippen molar-refractivity contribution < 1.29 is 0 Å². The summed E-state index contributed by atoms with van der Waals surface area (Å²) in [6, 6.07) is 8.82. The Morgan fingerprint density at radius 1 is 1.27 bits per heavy atom. The average Bonchev–Trinajstić information content (AvgIpc) is 2.16. The lowest BCUT2D eigenvalue weighted by atomic mass is 10.1. The molecule has 0 spiro atoms. The molecule has 0 saturated heterocycles. The predicted molar refractivity (Wildman–Crippen MR) is 70.4 cm³/mol. The summed E-state index contributed by atoms with van der Waals surface area (Å²) in [5.41, 5.74) is 1.30. The van der Waals surface area contributed by atoms with Crippen LogP contribution in [0.3, 0.4) is 0 Å². The summed E-state index contributed by atoms with van der Waals surface area (Å²) in [6.07, 6.45) is 0.998. The molecule has 0 aliphatic rings. The van der Waals surface area contributed by atoms with Crippen molar-refractivity contribution in [3.8, 4) is 0 Å². The maximum absolute atomic E-state index is 5.93. The lowest BCUT2D eigenvalue weighted by Crippen LogP contribution is -2.27. The van der Waals surface area contributed by atoms with Crippen LogP contribution in [0.4, 0.5) is 0 Å². The van der Waals surface area contributed by atoms with Crippen LogP contribution in [0.2, 0.25) is 0 Å². The zero-order valence-electron chi connectivity index (χ0n) is 9.13. The molecule has 1 aromatic rings. The molecular weight excluding hydrogens is 273 g/mol. The molecule has 0 fully saturated rings. The van der Waals surface area contributed by atoms with Crippen LogP contribution in [0.25, 0.3) is 0 Å². The van der Waals surface area contributed by atoms with Crippen LogP contribution in [-0.4, -0.2) is 11.4 Å². The first kappa shape index (κ1) is 13.0. The second-order valence-electron chi connectivity index (χ2n) is 3.92. The maximum atomic E-state index is 5.93. The van der Waals surface area contributed by atoms with E-state index in [1.807, 2.05) is 6.92 Å². The molecule has 0 aliphatic carbocycles. The fourth-order valence-electron chi connectivity index (χ4n) is 1.46. The van der Waals surface area contributed by atoms with E-state index in [0.717, 1.165) is 17.4 Å². The van der Waals surface area contributed by atoms with Gasteiger partial charge in [0.1, 0.15) is 0 Å². The van der Waals surface area contributed by atoms with Gasteiger partial charge < -0.3 is 5.32 Å². The van der Waals surface area contributed by atoms with Crippen LogP contribution in [0.5, 0.6) is 0 Å². The normalized spacial score (nSPS) is 14.9. The van der Waals surface area contributed by atoms with Gasteiger partial charge >= 0.3 is 0 Å². The third-order valence-corrected chi connectivity index (χ3v) is 2.95. The summed E-state index contributed by atoms with van der Waals surface area (Å²) >= 11 is 9.35. The molecule has 1 aromatic carbocycles. The number of alkyl halides is 1. The van der Waals surface area contributed by atoms with Crippen molar-refractivity contribution in [1.29, 1.82) is 0 Å². The van der Waals surface area contributed by atoms with Gasteiger partial charge in [-0.25, -0.2) is 0 Å². The van der Waals surface area contributed by atoms with Gasteiger partial charge in [0.15, 0.2) is 0 Å². The Kier molecular flexibility index (Phi) is 5.65. The van der Waals surface area contributed by atoms with Gasteiger partial charge in [0.05, 0.1) is 0 Å². The van der Waals surface area contributed by atoms with E-state index in [-0.39, 0.29) is 5.38 Å². The monoisotopic (exact) mass is 289 g/mol. The largest absolute Gasteiger partial charge is 0.310 e. The van der Waals surface area contributed by atoms with Crippen molar-refractivity contribution in [1.82, 2.24) is 5.32 Å². The smallest absolute Gasteiger partial charge is 0.0322 e. The SMILES string of the molecule is CC(Cl)CC(C)NCc1ccc(Br)cc1. The van der Waals surface area contributed by atoms with Crippen molar-refractivity contribution >= 4 is 27.5 Å². The van der Waals surface area contributed by atoms with E-state index in [4.69, 9.17) is 11.6 Å². The second-order valence-corrected chi connectivity index (χ2v) is 5.59. The Balaban J connectivity index is 2.33. The molecular formula is C12H17BrClN. The molecule has 0 aromatic heterocycles. The number of hydrogen-bond donors (Lipinski definition) is 1. The highest BCUT2D eigenvalue weighted by Gasteiger charge is 2.05. The molecule has 2 unspecified atom stereocenters. The van der Waals surface area contributed by atoms with Crippen molar-refractivity contribution in [2.45, 2.75) is 38.2 Å². The van der Waals surface area contributed by atoms with Crippen LogP contribution in [-0.2, 0) is 6.54 Å². The number of hydrogen-bond acceptors (Lipinski definition) is 1. The zero-order chi connectivity index (χ0) is 11.3. The Bertz CT molecular complexity index is 284. The lowest BCUT2D eigenvalue weighted by molar-refractivity contribution is 0.511. The topological polar surface area (TPSA) is 12.0 Å². The minimum atomic E-state index is 0.234. The molecule has 0 aliphatic heterocycles. The van der Waals surface area contributed by atoms with Gasteiger partial charge in [-0.05, 0) is 38.0 Å². The van der Waals surface area contributed by atoms with E-state index < -0.39 is 0 Å². The molecule has 0 amide bonds.